The van der Waals surface area contributed by atoms with Gasteiger partial charge in [-0.3, -0.25) is 0 Å². The number of hydrogen-bond acceptors (Lipinski definition) is 0. The van der Waals surface area contributed by atoms with E-state index in [0.29, 0.717) is 0 Å². The van der Waals surface area contributed by atoms with Gasteiger partial charge < -0.3 is 9.97 Å². The van der Waals surface area contributed by atoms with Crippen molar-refractivity contribution in [2.75, 3.05) is 0 Å². The maximum Gasteiger partial charge on any atom is 0.0657 e. The van der Waals surface area contributed by atoms with Crippen molar-refractivity contribution in [2.45, 2.75) is 40.5 Å². The second-order valence-corrected chi connectivity index (χ2v) is 4.36. The number of aromatic amines is 2. The van der Waals surface area contributed by atoms with Crippen LogP contribution in [0.15, 0.2) is 12.4 Å². The van der Waals surface area contributed by atoms with Gasteiger partial charge in [0, 0.05) is 12.4 Å². The summed E-state index contributed by atoms with van der Waals surface area (Å²) in [4.78, 5) is 6.80. The summed E-state index contributed by atoms with van der Waals surface area (Å²) in [5, 5.41) is 0. The van der Waals surface area contributed by atoms with Crippen LogP contribution in [0.4, 0.5) is 0 Å². The van der Waals surface area contributed by atoms with E-state index in [0.717, 1.165) is 12.8 Å². The molecule has 0 unspecified atom stereocenters. The Morgan fingerprint density at radius 3 is 1.50 bits per heavy atom. The molecule has 0 radical (unpaired) electrons. The van der Waals surface area contributed by atoms with Gasteiger partial charge in [0.1, 0.15) is 0 Å². The standard InChI is InChI=1S/C14H20N2/c1-5-11-9(3)7-15-13(11)14-12(6-2)10(4)8-16-14/h7-8,15-16H,5-6H2,1-4H3. The van der Waals surface area contributed by atoms with Gasteiger partial charge >= 0.3 is 0 Å². The Morgan fingerprint density at radius 1 is 0.812 bits per heavy atom. The average Bonchev–Trinajstić information content (AvgIpc) is 2.81. The lowest BCUT2D eigenvalue weighted by atomic mass is 10.0. The van der Waals surface area contributed by atoms with Gasteiger partial charge in [0.25, 0.3) is 0 Å². The summed E-state index contributed by atoms with van der Waals surface area (Å²) >= 11 is 0. The first-order valence-corrected chi connectivity index (χ1v) is 6.03. The molecule has 2 nitrogen and oxygen atoms in total. The van der Waals surface area contributed by atoms with Crippen molar-refractivity contribution < 1.29 is 0 Å². The smallest absolute Gasteiger partial charge is 0.0657 e. The minimum absolute atomic E-state index is 1.08. The fourth-order valence-electron chi connectivity index (χ4n) is 2.46. The van der Waals surface area contributed by atoms with Crippen molar-refractivity contribution in [3.63, 3.8) is 0 Å². The second kappa shape index (κ2) is 4.20. The highest BCUT2D eigenvalue weighted by molar-refractivity contribution is 5.66. The summed E-state index contributed by atoms with van der Waals surface area (Å²) < 4.78 is 0. The summed E-state index contributed by atoms with van der Waals surface area (Å²) in [6, 6.07) is 0. The zero-order valence-corrected chi connectivity index (χ0v) is 10.6. The molecule has 0 aliphatic carbocycles. The fourth-order valence-corrected chi connectivity index (χ4v) is 2.46. The molecule has 0 saturated carbocycles. The van der Waals surface area contributed by atoms with Crippen molar-refractivity contribution in [3.05, 3.63) is 34.6 Å². The number of H-pyrrole nitrogens is 2. The van der Waals surface area contributed by atoms with Gasteiger partial charge in [0.15, 0.2) is 0 Å². The lowest BCUT2D eigenvalue weighted by Crippen LogP contribution is -1.91. The zero-order valence-electron chi connectivity index (χ0n) is 10.6. The third-order valence-corrected chi connectivity index (χ3v) is 3.38. The van der Waals surface area contributed by atoms with Crippen LogP contribution in [0.5, 0.6) is 0 Å². The lowest BCUT2D eigenvalue weighted by Gasteiger charge is -2.05. The summed E-state index contributed by atoms with van der Waals surface area (Å²) in [6.45, 7) is 8.75. The molecule has 0 atom stereocenters. The van der Waals surface area contributed by atoms with E-state index in [2.05, 4.69) is 50.1 Å². The molecule has 0 saturated heterocycles. The first-order valence-electron chi connectivity index (χ1n) is 6.03. The number of rotatable bonds is 3. The predicted octanol–water partition coefficient (Wildman–Crippen LogP) is 3.75. The Bertz CT molecular complexity index is 443. The Morgan fingerprint density at radius 2 is 1.19 bits per heavy atom. The van der Waals surface area contributed by atoms with E-state index in [4.69, 9.17) is 0 Å². The van der Waals surface area contributed by atoms with Crippen LogP contribution >= 0.6 is 0 Å². The van der Waals surface area contributed by atoms with Crippen LogP contribution in [0.3, 0.4) is 0 Å². The van der Waals surface area contributed by atoms with E-state index < -0.39 is 0 Å². The molecular weight excluding hydrogens is 196 g/mol. The molecule has 2 aromatic heterocycles. The van der Waals surface area contributed by atoms with Crippen molar-refractivity contribution in [2.24, 2.45) is 0 Å². The first-order chi connectivity index (χ1) is 7.69. The normalized spacial score (nSPS) is 11.0. The van der Waals surface area contributed by atoms with E-state index in [-0.39, 0.29) is 0 Å². The number of aryl methyl sites for hydroxylation is 2. The topological polar surface area (TPSA) is 31.6 Å². The third kappa shape index (κ3) is 1.58. The van der Waals surface area contributed by atoms with Crippen LogP contribution < -0.4 is 0 Å². The maximum absolute atomic E-state index is 3.40. The van der Waals surface area contributed by atoms with Crippen molar-refractivity contribution in [1.29, 1.82) is 0 Å². The Balaban J connectivity index is 2.58. The van der Waals surface area contributed by atoms with Crippen LogP contribution in [0, 0.1) is 13.8 Å². The SMILES string of the molecule is CCc1c(C)c[nH]c1-c1[nH]cc(C)c1CC. The van der Waals surface area contributed by atoms with Gasteiger partial charge in [-0.05, 0) is 48.9 Å². The Hall–Kier alpha value is -1.44. The van der Waals surface area contributed by atoms with E-state index >= 15 is 0 Å². The summed E-state index contributed by atoms with van der Waals surface area (Å²) in [7, 11) is 0. The van der Waals surface area contributed by atoms with Crippen molar-refractivity contribution in [1.82, 2.24) is 9.97 Å². The largest absolute Gasteiger partial charge is 0.359 e. The molecule has 0 amide bonds. The van der Waals surface area contributed by atoms with Crippen LogP contribution in [-0.4, -0.2) is 9.97 Å². The van der Waals surface area contributed by atoms with Crippen molar-refractivity contribution in [3.8, 4) is 11.4 Å². The molecule has 2 heterocycles. The number of aromatic nitrogens is 2. The van der Waals surface area contributed by atoms with Gasteiger partial charge in [-0.1, -0.05) is 13.8 Å². The molecule has 86 valence electrons. The quantitative estimate of drug-likeness (QED) is 0.783. The fraction of sp³-hybridized carbons (Fsp3) is 0.429. The highest BCUT2D eigenvalue weighted by atomic mass is 14.8. The molecule has 2 heteroatoms. The van der Waals surface area contributed by atoms with Gasteiger partial charge in [-0.15, -0.1) is 0 Å². The third-order valence-electron chi connectivity index (χ3n) is 3.38. The van der Waals surface area contributed by atoms with Gasteiger partial charge in [0.05, 0.1) is 11.4 Å². The molecule has 0 aromatic carbocycles. The Kier molecular flexibility index (Phi) is 2.90. The van der Waals surface area contributed by atoms with Gasteiger partial charge in [-0.25, -0.2) is 0 Å². The Labute approximate surface area is 97.1 Å². The number of nitrogens with one attached hydrogen (secondary N) is 2. The highest BCUT2D eigenvalue weighted by Gasteiger charge is 2.14. The molecule has 2 N–H and O–H groups in total. The predicted molar refractivity (Wildman–Crippen MR) is 68.8 cm³/mol. The molecule has 2 aromatic rings. The van der Waals surface area contributed by atoms with Crippen LogP contribution in [0.2, 0.25) is 0 Å². The molecule has 0 aliphatic rings. The average molecular weight is 216 g/mol. The van der Waals surface area contributed by atoms with Crippen LogP contribution in [-0.2, 0) is 12.8 Å². The molecular formula is C14H20N2. The zero-order chi connectivity index (χ0) is 11.7. The molecule has 0 spiro atoms. The monoisotopic (exact) mass is 216 g/mol. The summed E-state index contributed by atoms with van der Waals surface area (Å²) in [5.74, 6) is 0. The molecule has 2 rings (SSSR count). The minimum atomic E-state index is 1.08. The lowest BCUT2D eigenvalue weighted by molar-refractivity contribution is 1.10. The molecule has 0 aliphatic heterocycles. The van der Waals surface area contributed by atoms with Crippen LogP contribution in [0.25, 0.3) is 11.4 Å². The van der Waals surface area contributed by atoms with E-state index in [1.54, 1.807) is 0 Å². The van der Waals surface area contributed by atoms with E-state index in [1.165, 1.54) is 33.6 Å². The van der Waals surface area contributed by atoms with Gasteiger partial charge in [0.2, 0.25) is 0 Å². The molecule has 0 bridgehead atoms. The first kappa shape index (κ1) is 11.1. The minimum Gasteiger partial charge on any atom is -0.359 e. The van der Waals surface area contributed by atoms with Crippen molar-refractivity contribution >= 4 is 0 Å². The summed E-state index contributed by atoms with van der Waals surface area (Å²) in [5.41, 5.74) is 8.10. The van der Waals surface area contributed by atoms with E-state index in [9.17, 15) is 0 Å². The van der Waals surface area contributed by atoms with E-state index in [1.807, 2.05) is 0 Å². The molecule has 16 heavy (non-hydrogen) atoms. The number of hydrogen-bond donors (Lipinski definition) is 2. The van der Waals surface area contributed by atoms with Gasteiger partial charge in [-0.2, -0.15) is 0 Å². The highest BCUT2D eigenvalue weighted by Crippen LogP contribution is 2.29. The van der Waals surface area contributed by atoms with Crippen LogP contribution in [0.1, 0.15) is 36.1 Å². The second-order valence-electron chi connectivity index (χ2n) is 4.36. The maximum atomic E-state index is 3.40. The summed E-state index contributed by atoms with van der Waals surface area (Å²) in [6.07, 6.45) is 6.35. The molecule has 0 fully saturated rings.